The Bertz CT molecular complexity index is 533. The van der Waals surface area contributed by atoms with Crippen molar-refractivity contribution in [1.82, 2.24) is 5.32 Å². The van der Waals surface area contributed by atoms with Gasteiger partial charge in [-0.15, -0.1) is 0 Å². The van der Waals surface area contributed by atoms with E-state index in [-0.39, 0.29) is 11.8 Å². The number of fused-ring (bicyclic) bond motifs is 1. The Morgan fingerprint density at radius 2 is 2.09 bits per heavy atom. The molecule has 1 aromatic carbocycles. The summed E-state index contributed by atoms with van der Waals surface area (Å²) in [5, 5.41) is 2.98. The summed E-state index contributed by atoms with van der Waals surface area (Å²) in [4.78, 5) is 25.9. The van der Waals surface area contributed by atoms with E-state index in [1.807, 2.05) is 36.0 Å². The predicted octanol–water partition coefficient (Wildman–Crippen LogP) is 2.61. The Labute approximate surface area is 136 Å². The first-order valence-corrected chi connectivity index (χ1v) is 9.03. The molecule has 0 saturated carbocycles. The molecule has 0 bridgehead atoms. The van der Waals surface area contributed by atoms with Crippen LogP contribution >= 0.6 is 11.8 Å². The Morgan fingerprint density at radius 1 is 1.32 bits per heavy atom. The molecule has 0 aliphatic carbocycles. The lowest BCUT2D eigenvalue weighted by Crippen LogP contribution is -2.47. The zero-order valence-corrected chi connectivity index (χ0v) is 14.1. The maximum atomic E-state index is 12.4. The van der Waals surface area contributed by atoms with E-state index in [1.165, 1.54) is 19.1 Å². The number of rotatable bonds is 7. The molecule has 0 radical (unpaired) electrons. The Kier molecular flexibility index (Phi) is 6.31. The van der Waals surface area contributed by atoms with E-state index < -0.39 is 6.04 Å². The Morgan fingerprint density at radius 3 is 2.82 bits per heavy atom. The molecule has 0 spiro atoms. The minimum Gasteiger partial charge on any atom is -0.354 e. The van der Waals surface area contributed by atoms with Gasteiger partial charge in [-0.2, -0.15) is 11.8 Å². The molecule has 1 N–H and O–H groups in total. The second kappa shape index (κ2) is 8.22. The minimum absolute atomic E-state index is 0.0492. The van der Waals surface area contributed by atoms with E-state index in [4.69, 9.17) is 0 Å². The van der Waals surface area contributed by atoms with Gasteiger partial charge in [-0.05, 0) is 36.0 Å². The Hall–Kier alpha value is -1.49. The lowest BCUT2D eigenvalue weighted by atomic mass is 10.1. The van der Waals surface area contributed by atoms with Crippen molar-refractivity contribution in [3.63, 3.8) is 0 Å². The lowest BCUT2D eigenvalue weighted by Gasteiger charge is -2.23. The third kappa shape index (κ3) is 4.03. The van der Waals surface area contributed by atoms with Crippen molar-refractivity contribution in [3.8, 4) is 0 Å². The summed E-state index contributed by atoms with van der Waals surface area (Å²) in [6, 6.07) is 7.34. The van der Waals surface area contributed by atoms with Crippen LogP contribution in [0.1, 0.15) is 32.3 Å². The first-order valence-electron chi connectivity index (χ1n) is 7.88. The van der Waals surface area contributed by atoms with E-state index in [0.717, 1.165) is 23.4 Å². The molecule has 4 nitrogen and oxygen atoms in total. The second-order valence-corrected chi connectivity index (χ2v) is 6.72. The highest BCUT2D eigenvalue weighted by Crippen LogP contribution is 2.32. The first-order chi connectivity index (χ1) is 10.6. The SMILES string of the molecule is CCCSCCCNC(=O)C1Cc2ccccc2N1C(C)=O. The number of carbonyl (C=O) groups excluding carboxylic acids is 2. The van der Waals surface area contributed by atoms with Crippen molar-refractivity contribution >= 4 is 29.3 Å². The van der Waals surface area contributed by atoms with Crippen LogP contribution in [-0.4, -0.2) is 35.9 Å². The summed E-state index contributed by atoms with van der Waals surface area (Å²) in [6.45, 7) is 4.36. The molecule has 1 unspecified atom stereocenters. The molecule has 0 saturated heterocycles. The topological polar surface area (TPSA) is 49.4 Å². The number of amides is 2. The van der Waals surface area contributed by atoms with E-state index in [9.17, 15) is 9.59 Å². The molecule has 1 atom stereocenters. The third-order valence-electron chi connectivity index (χ3n) is 3.73. The van der Waals surface area contributed by atoms with Gasteiger partial charge >= 0.3 is 0 Å². The largest absolute Gasteiger partial charge is 0.354 e. The smallest absolute Gasteiger partial charge is 0.243 e. The number of anilines is 1. The van der Waals surface area contributed by atoms with E-state index in [1.54, 1.807) is 4.90 Å². The van der Waals surface area contributed by atoms with Crippen LogP contribution in [0.4, 0.5) is 5.69 Å². The second-order valence-electron chi connectivity index (χ2n) is 5.49. The Balaban J connectivity index is 1.89. The molecule has 22 heavy (non-hydrogen) atoms. The van der Waals surface area contributed by atoms with Gasteiger partial charge in [0.25, 0.3) is 0 Å². The van der Waals surface area contributed by atoms with Crippen molar-refractivity contribution in [1.29, 1.82) is 0 Å². The summed E-state index contributed by atoms with van der Waals surface area (Å²) in [6.07, 6.45) is 2.76. The maximum absolute atomic E-state index is 12.4. The predicted molar refractivity (Wildman–Crippen MR) is 92.3 cm³/mol. The van der Waals surface area contributed by atoms with Gasteiger partial charge in [0.1, 0.15) is 6.04 Å². The standard InChI is InChI=1S/C17H24N2O2S/c1-3-10-22-11-6-9-18-17(21)16-12-14-7-4-5-8-15(14)19(16)13(2)20/h4-5,7-8,16H,3,6,9-12H2,1-2H3,(H,18,21). The van der Waals surface area contributed by atoms with E-state index >= 15 is 0 Å². The third-order valence-corrected chi connectivity index (χ3v) is 5.01. The van der Waals surface area contributed by atoms with Gasteiger partial charge in [-0.3, -0.25) is 14.5 Å². The molecule has 2 amide bonds. The summed E-state index contributed by atoms with van der Waals surface area (Å²) < 4.78 is 0. The normalized spacial score (nSPS) is 16.5. The number of benzene rings is 1. The summed E-state index contributed by atoms with van der Waals surface area (Å²) >= 11 is 1.92. The number of hydrogen-bond donors (Lipinski definition) is 1. The van der Waals surface area contributed by atoms with Crippen LogP contribution in [0.2, 0.25) is 0 Å². The molecule has 2 rings (SSSR count). The number of thioether (sulfide) groups is 1. The lowest BCUT2D eigenvalue weighted by molar-refractivity contribution is -0.125. The number of nitrogens with zero attached hydrogens (tertiary/aromatic N) is 1. The van der Waals surface area contributed by atoms with Crippen molar-refractivity contribution in [2.45, 2.75) is 39.2 Å². The van der Waals surface area contributed by atoms with Crippen molar-refractivity contribution in [3.05, 3.63) is 29.8 Å². The number of hydrogen-bond acceptors (Lipinski definition) is 3. The van der Waals surface area contributed by atoms with Crippen LogP contribution in [0.3, 0.4) is 0 Å². The number of carbonyl (C=O) groups is 2. The van der Waals surface area contributed by atoms with Gasteiger partial charge < -0.3 is 5.32 Å². The molecule has 1 aromatic rings. The molecule has 1 aliphatic rings. The zero-order valence-electron chi connectivity index (χ0n) is 13.3. The van der Waals surface area contributed by atoms with E-state index in [0.29, 0.717) is 13.0 Å². The highest BCUT2D eigenvalue weighted by atomic mass is 32.2. The molecular formula is C17H24N2O2S. The van der Waals surface area contributed by atoms with Crippen LogP contribution in [-0.2, 0) is 16.0 Å². The van der Waals surface area contributed by atoms with Gasteiger partial charge in [-0.25, -0.2) is 0 Å². The van der Waals surface area contributed by atoms with Crippen LogP contribution in [0.5, 0.6) is 0 Å². The molecule has 5 heteroatoms. The zero-order chi connectivity index (χ0) is 15.9. The van der Waals surface area contributed by atoms with Crippen LogP contribution in [0, 0.1) is 0 Å². The van der Waals surface area contributed by atoms with Crippen molar-refractivity contribution in [2.24, 2.45) is 0 Å². The fourth-order valence-corrected chi connectivity index (χ4v) is 3.58. The molecule has 0 aromatic heterocycles. The average Bonchev–Trinajstić information content (AvgIpc) is 2.90. The maximum Gasteiger partial charge on any atom is 0.243 e. The minimum atomic E-state index is -0.404. The number of nitrogens with one attached hydrogen (secondary N) is 1. The quantitative estimate of drug-likeness (QED) is 0.786. The highest BCUT2D eigenvalue weighted by Gasteiger charge is 2.36. The van der Waals surface area contributed by atoms with Gasteiger partial charge in [0.15, 0.2) is 0 Å². The molecule has 120 valence electrons. The van der Waals surface area contributed by atoms with Crippen molar-refractivity contribution in [2.75, 3.05) is 23.0 Å². The van der Waals surface area contributed by atoms with E-state index in [2.05, 4.69) is 12.2 Å². The van der Waals surface area contributed by atoms with Crippen molar-refractivity contribution < 1.29 is 9.59 Å². The molecular weight excluding hydrogens is 296 g/mol. The first kappa shape index (κ1) is 16.9. The highest BCUT2D eigenvalue weighted by molar-refractivity contribution is 7.99. The fraction of sp³-hybridized carbons (Fsp3) is 0.529. The monoisotopic (exact) mass is 320 g/mol. The van der Waals surface area contributed by atoms with Gasteiger partial charge in [0.2, 0.25) is 11.8 Å². The molecule has 1 heterocycles. The summed E-state index contributed by atoms with van der Waals surface area (Å²) in [5.74, 6) is 2.11. The molecule has 1 aliphatic heterocycles. The molecule has 0 fully saturated rings. The fourth-order valence-electron chi connectivity index (χ4n) is 2.74. The summed E-state index contributed by atoms with van der Waals surface area (Å²) in [7, 11) is 0. The van der Waals surface area contributed by atoms with Gasteiger partial charge in [-0.1, -0.05) is 25.1 Å². The van der Waals surface area contributed by atoms with Crippen LogP contribution < -0.4 is 10.2 Å². The summed E-state index contributed by atoms with van der Waals surface area (Å²) in [5.41, 5.74) is 1.94. The van der Waals surface area contributed by atoms with Gasteiger partial charge in [0.05, 0.1) is 0 Å². The van der Waals surface area contributed by atoms with Crippen LogP contribution in [0.25, 0.3) is 0 Å². The average molecular weight is 320 g/mol. The number of para-hydroxylation sites is 1. The van der Waals surface area contributed by atoms with Gasteiger partial charge in [0, 0.05) is 25.6 Å². The van der Waals surface area contributed by atoms with Crippen LogP contribution in [0.15, 0.2) is 24.3 Å².